The maximum Gasteiger partial charge on any atom is 0.197 e. The van der Waals surface area contributed by atoms with Gasteiger partial charge in [-0.1, -0.05) is 17.4 Å². The Labute approximate surface area is 86.4 Å². The molecule has 0 spiro atoms. The Morgan fingerprint density at radius 1 is 1.36 bits per heavy atom. The van der Waals surface area contributed by atoms with Gasteiger partial charge in [0.25, 0.3) is 0 Å². The number of aromatic nitrogens is 2. The van der Waals surface area contributed by atoms with E-state index in [1.54, 1.807) is 13.3 Å². The molecule has 0 fully saturated rings. The monoisotopic (exact) mass is 206 g/mol. The highest BCUT2D eigenvalue weighted by molar-refractivity contribution is 7.16. The third-order valence-electron chi connectivity index (χ3n) is 1.82. The highest BCUT2D eigenvalue weighted by Gasteiger charge is 2.09. The maximum absolute atomic E-state index is 5.18. The number of nitrogens with zero attached hydrogens (tertiary/aromatic N) is 2. The molecule has 0 unspecified atom stereocenters. The molecule has 0 radical (unpaired) electrons. The first-order valence-corrected chi connectivity index (χ1v) is 5.05. The molecule has 4 heteroatoms. The van der Waals surface area contributed by atoms with Gasteiger partial charge >= 0.3 is 0 Å². The van der Waals surface area contributed by atoms with Crippen LogP contribution in [0.3, 0.4) is 0 Å². The first-order chi connectivity index (χ1) is 6.81. The van der Waals surface area contributed by atoms with Gasteiger partial charge in [0.15, 0.2) is 5.06 Å². The molecule has 0 saturated carbocycles. The van der Waals surface area contributed by atoms with E-state index < -0.39 is 0 Å². The molecular weight excluding hydrogens is 196 g/mol. The fraction of sp³-hybridized carbons (Fsp3) is 0.200. The molecule has 0 amide bonds. The Morgan fingerprint density at radius 2 is 2.21 bits per heavy atom. The van der Waals surface area contributed by atoms with Gasteiger partial charge in [0.2, 0.25) is 0 Å². The summed E-state index contributed by atoms with van der Waals surface area (Å²) in [5.74, 6) is 0. The van der Waals surface area contributed by atoms with Gasteiger partial charge in [0.05, 0.1) is 18.5 Å². The van der Waals surface area contributed by atoms with Crippen molar-refractivity contribution in [2.75, 3.05) is 7.11 Å². The molecule has 0 saturated heterocycles. The van der Waals surface area contributed by atoms with Gasteiger partial charge in [-0.25, -0.2) is 4.98 Å². The summed E-state index contributed by atoms with van der Waals surface area (Å²) in [7, 11) is 1.66. The van der Waals surface area contributed by atoms with Crippen molar-refractivity contribution in [2.45, 2.75) is 6.92 Å². The normalized spacial score (nSPS) is 10.1. The molecule has 0 atom stereocenters. The predicted molar refractivity (Wildman–Crippen MR) is 56.6 cm³/mol. The van der Waals surface area contributed by atoms with Gasteiger partial charge in [0, 0.05) is 6.20 Å². The Balaban J connectivity index is 2.43. The largest absolute Gasteiger partial charge is 0.486 e. The average molecular weight is 206 g/mol. The summed E-state index contributed by atoms with van der Waals surface area (Å²) in [5, 5.41) is 1.76. The summed E-state index contributed by atoms with van der Waals surface area (Å²) >= 11 is 1.52. The van der Waals surface area contributed by atoms with E-state index in [0.29, 0.717) is 0 Å². The van der Waals surface area contributed by atoms with Crippen molar-refractivity contribution in [1.29, 1.82) is 0 Å². The number of thiazole rings is 1. The quantitative estimate of drug-likeness (QED) is 0.757. The zero-order valence-corrected chi connectivity index (χ0v) is 8.84. The molecule has 2 heterocycles. The molecule has 14 heavy (non-hydrogen) atoms. The minimum absolute atomic E-state index is 0.852. The van der Waals surface area contributed by atoms with Crippen LogP contribution < -0.4 is 4.74 Å². The van der Waals surface area contributed by atoms with Gasteiger partial charge in [-0.15, -0.1) is 0 Å². The predicted octanol–water partition coefficient (Wildman–Crippen LogP) is 2.52. The second-order valence-corrected chi connectivity index (χ2v) is 3.77. The summed E-state index contributed by atoms with van der Waals surface area (Å²) in [6.07, 6.45) is 1.76. The first kappa shape index (κ1) is 9.15. The third kappa shape index (κ3) is 1.61. The van der Waals surface area contributed by atoms with Crippen LogP contribution >= 0.6 is 11.3 Å². The second-order valence-electron chi connectivity index (χ2n) is 2.81. The van der Waals surface area contributed by atoms with Crippen LogP contribution in [-0.2, 0) is 0 Å². The van der Waals surface area contributed by atoms with Gasteiger partial charge in [-0.3, -0.25) is 4.98 Å². The zero-order valence-electron chi connectivity index (χ0n) is 8.02. The topological polar surface area (TPSA) is 35.0 Å². The fourth-order valence-corrected chi connectivity index (χ4v) is 2.03. The molecule has 2 aromatic heterocycles. The van der Waals surface area contributed by atoms with Crippen LogP contribution in [0.1, 0.15) is 5.69 Å². The lowest BCUT2D eigenvalue weighted by Crippen LogP contribution is -1.81. The van der Waals surface area contributed by atoms with Gasteiger partial charge in [-0.05, 0) is 19.1 Å². The number of ether oxygens (including phenoxy) is 1. The standard InChI is InChI=1S/C10H10N2OS/c1-7-10(13-2)14-9(12-7)8-5-3-4-6-11-8/h3-6H,1-2H3. The smallest absolute Gasteiger partial charge is 0.197 e. The van der Waals surface area contributed by atoms with Crippen LogP contribution in [0.5, 0.6) is 5.06 Å². The van der Waals surface area contributed by atoms with Crippen molar-refractivity contribution in [2.24, 2.45) is 0 Å². The fourth-order valence-electron chi connectivity index (χ4n) is 1.17. The summed E-state index contributed by atoms with van der Waals surface area (Å²) < 4.78 is 5.18. The Morgan fingerprint density at radius 3 is 2.79 bits per heavy atom. The number of pyridine rings is 1. The van der Waals surface area contributed by atoms with E-state index >= 15 is 0 Å². The third-order valence-corrected chi connectivity index (χ3v) is 2.96. The molecule has 0 bridgehead atoms. The van der Waals surface area contributed by atoms with E-state index in [1.165, 1.54) is 11.3 Å². The van der Waals surface area contributed by atoms with E-state index in [2.05, 4.69) is 9.97 Å². The molecule has 2 rings (SSSR count). The summed E-state index contributed by atoms with van der Waals surface area (Å²) in [6.45, 7) is 1.93. The number of hydrogen-bond acceptors (Lipinski definition) is 4. The van der Waals surface area contributed by atoms with E-state index in [0.717, 1.165) is 21.5 Å². The van der Waals surface area contributed by atoms with Crippen molar-refractivity contribution in [1.82, 2.24) is 9.97 Å². The van der Waals surface area contributed by atoms with Crippen LogP contribution in [0, 0.1) is 6.92 Å². The Bertz CT molecular complexity index is 425. The summed E-state index contributed by atoms with van der Waals surface area (Å²) in [4.78, 5) is 8.61. The minimum Gasteiger partial charge on any atom is -0.486 e. The number of aryl methyl sites for hydroxylation is 1. The van der Waals surface area contributed by atoms with Gasteiger partial charge in [0.1, 0.15) is 5.01 Å². The molecular formula is C10H10N2OS. The summed E-state index contributed by atoms with van der Waals surface area (Å²) in [6, 6.07) is 5.78. The van der Waals surface area contributed by atoms with Crippen LogP contribution in [0.15, 0.2) is 24.4 Å². The van der Waals surface area contributed by atoms with E-state index in [4.69, 9.17) is 4.74 Å². The van der Waals surface area contributed by atoms with Crippen LogP contribution in [0.2, 0.25) is 0 Å². The van der Waals surface area contributed by atoms with Gasteiger partial charge in [-0.2, -0.15) is 0 Å². The van der Waals surface area contributed by atoms with Gasteiger partial charge < -0.3 is 4.74 Å². The van der Waals surface area contributed by atoms with Crippen molar-refractivity contribution < 1.29 is 4.74 Å². The van der Waals surface area contributed by atoms with Crippen molar-refractivity contribution in [3.63, 3.8) is 0 Å². The van der Waals surface area contributed by atoms with E-state index in [1.807, 2.05) is 25.1 Å². The van der Waals surface area contributed by atoms with Crippen LogP contribution in [0.25, 0.3) is 10.7 Å². The minimum atomic E-state index is 0.852. The maximum atomic E-state index is 5.18. The lowest BCUT2D eigenvalue weighted by molar-refractivity contribution is 0.423. The molecule has 0 aliphatic carbocycles. The second kappa shape index (κ2) is 3.75. The lowest BCUT2D eigenvalue weighted by atomic mass is 10.4. The van der Waals surface area contributed by atoms with Crippen LogP contribution in [0.4, 0.5) is 0 Å². The SMILES string of the molecule is COc1sc(-c2ccccn2)nc1C. The Hall–Kier alpha value is -1.42. The lowest BCUT2D eigenvalue weighted by Gasteiger charge is -1.92. The van der Waals surface area contributed by atoms with Crippen molar-refractivity contribution in [3.05, 3.63) is 30.1 Å². The molecule has 0 N–H and O–H groups in total. The van der Waals surface area contributed by atoms with Crippen molar-refractivity contribution >= 4 is 11.3 Å². The number of hydrogen-bond donors (Lipinski definition) is 0. The highest BCUT2D eigenvalue weighted by atomic mass is 32.1. The molecule has 0 aliphatic heterocycles. The van der Waals surface area contributed by atoms with Crippen LogP contribution in [-0.4, -0.2) is 17.1 Å². The molecule has 0 aliphatic rings. The summed E-state index contributed by atoms with van der Waals surface area (Å²) in [5.41, 5.74) is 1.81. The molecule has 3 nitrogen and oxygen atoms in total. The van der Waals surface area contributed by atoms with E-state index in [-0.39, 0.29) is 0 Å². The highest BCUT2D eigenvalue weighted by Crippen LogP contribution is 2.31. The number of methoxy groups -OCH3 is 1. The zero-order chi connectivity index (χ0) is 9.97. The first-order valence-electron chi connectivity index (χ1n) is 4.24. The molecule has 2 aromatic rings. The molecule has 72 valence electrons. The van der Waals surface area contributed by atoms with E-state index in [9.17, 15) is 0 Å². The average Bonchev–Trinajstić information content (AvgIpc) is 2.61. The number of rotatable bonds is 2. The molecule has 0 aromatic carbocycles. The van der Waals surface area contributed by atoms with Crippen molar-refractivity contribution in [3.8, 4) is 15.8 Å². The Kier molecular flexibility index (Phi) is 2.45.